The largest absolute Gasteiger partial charge is 0.384 e. The van der Waals surface area contributed by atoms with Gasteiger partial charge in [0.1, 0.15) is 0 Å². The molecule has 0 bridgehead atoms. The molecule has 0 aromatic carbocycles. The van der Waals surface area contributed by atoms with Gasteiger partial charge in [-0.1, -0.05) is 6.08 Å². The molecule has 0 radical (unpaired) electrons. The number of carbonyl (C=O) groups is 2. The Morgan fingerprint density at radius 3 is 2.65 bits per heavy atom. The average Bonchev–Trinajstić information content (AvgIpc) is 3.03. The zero-order valence-corrected chi connectivity index (χ0v) is 14.0. The van der Waals surface area contributed by atoms with E-state index in [2.05, 4.69) is 22.1 Å². The van der Waals surface area contributed by atoms with E-state index in [9.17, 15) is 9.59 Å². The van der Waals surface area contributed by atoms with Gasteiger partial charge in [-0.15, -0.1) is 6.58 Å². The van der Waals surface area contributed by atoms with Crippen molar-refractivity contribution in [2.24, 2.45) is 5.41 Å². The molecular formula is C16H28N4O3. The topological polar surface area (TPSA) is 73.9 Å². The Labute approximate surface area is 138 Å². The molecule has 0 spiro atoms. The van der Waals surface area contributed by atoms with Crippen molar-refractivity contribution in [2.45, 2.75) is 6.42 Å². The Balaban J connectivity index is 1.82. The molecule has 1 atom stereocenters. The second-order valence-corrected chi connectivity index (χ2v) is 6.30. The fourth-order valence-corrected chi connectivity index (χ4v) is 3.28. The second-order valence-electron chi connectivity index (χ2n) is 6.30. The van der Waals surface area contributed by atoms with Gasteiger partial charge in [0.25, 0.3) is 0 Å². The number of amides is 2. The van der Waals surface area contributed by atoms with E-state index in [0.717, 1.165) is 26.1 Å². The van der Waals surface area contributed by atoms with Gasteiger partial charge in [-0.05, 0) is 13.0 Å². The van der Waals surface area contributed by atoms with Crippen molar-refractivity contribution in [1.29, 1.82) is 0 Å². The molecule has 7 nitrogen and oxygen atoms in total. The summed E-state index contributed by atoms with van der Waals surface area (Å²) < 4.78 is 5.29. The van der Waals surface area contributed by atoms with Crippen molar-refractivity contribution >= 4 is 11.8 Å². The van der Waals surface area contributed by atoms with E-state index in [1.165, 1.54) is 0 Å². The van der Waals surface area contributed by atoms with Crippen LogP contribution < -0.4 is 10.6 Å². The minimum Gasteiger partial charge on any atom is -0.384 e. The molecule has 2 fully saturated rings. The molecule has 7 heteroatoms. The second kappa shape index (κ2) is 8.42. The van der Waals surface area contributed by atoms with Crippen LogP contribution >= 0.6 is 0 Å². The van der Waals surface area contributed by atoms with E-state index in [0.29, 0.717) is 39.3 Å². The molecule has 2 amide bonds. The lowest BCUT2D eigenvalue weighted by Crippen LogP contribution is -2.56. The fraction of sp³-hybridized carbons (Fsp3) is 0.750. The summed E-state index contributed by atoms with van der Waals surface area (Å²) in [7, 11) is 1.65. The highest BCUT2D eigenvalue weighted by atomic mass is 16.5. The highest BCUT2D eigenvalue weighted by Gasteiger charge is 2.44. The molecule has 130 valence electrons. The number of nitrogens with zero attached hydrogens (tertiary/aromatic N) is 2. The molecule has 2 heterocycles. The maximum absolute atomic E-state index is 12.9. The predicted octanol–water partition coefficient (Wildman–Crippen LogP) is -0.941. The standard InChI is InChI=1S/C16H28N4O3/c1-3-5-18-14(21)11-19-7-9-20(10-8-19)15(22)16(13-23-2)4-6-17-12-16/h3,17H,1,4-13H2,2H3,(H,18,21). The molecule has 2 N–H and O–H groups in total. The average molecular weight is 324 g/mol. The van der Waals surface area contributed by atoms with Gasteiger partial charge < -0.3 is 20.3 Å². The van der Waals surface area contributed by atoms with Gasteiger partial charge in [0.15, 0.2) is 0 Å². The number of hydrogen-bond donors (Lipinski definition) is 2. The van der Waals surface area contributed by atoms with Crippen LogP contribution in [0.3, 0.4) is 0 Å². The first kappa shape index (κ1) is 17.9. The van der Waals surface area contributed by atoms with Crippen molar-refractivity contribution < 1.29 is 14.3 Å². The maximum Gasteiger partial charge on any atom is 0.234 e. The lowest BCUT2D eigenvalue weighted by atomic mass is 9.86. The van der Waals surface area contributed by atoms with Gasteiger partial charge in [0.2, 0.25) is 11.8 Å². The molecular weight excluding hydrogens is 296 g/mol. The van der Waals surface area contributed by atoms with E-state index in [4.69, 9.17) is 4.74 Å². The van der Waals surface area contributed by atoms with Crippen LogP contribution in [0, 0.1) is 5.41 Å². The number of carbonyl (C=O) groups excluding carboxylic acids is 2. The van der Waals surface area contributed by atoms with Crippen LogP contribution in [0.2, 0.25) is 0 Å². The monoisotopic (exact) mass is 324 g/mol. The summed E-state index contributed by atoms with van der Waals surface area (Å²) >= 11 is 0. The van der Waals surface area contributed by atoms with Crippen LogP contribution in [-0.4, -0.2) is 87.7 Å². The Bertz CT molecular complexity index is 427. The van der Waals surface area contributed by atoms with Gasteiger partial charge in [-0.3, -0.25) is 14.5 Å². The molecule has 23 heavy (non-hydrogen) atoms. The van der Waals surface area contributed by atoms with Crippen LogP contribution in [0.4, 0.5) is 0 Å². The molecule has 2 saturated heterocycles. The van der Waals surface area contributed by atoms with Crippen LogP contribution in [0.5, 0.6) is 0 Å². The SMILES string of the molecule is C=CCNC(=O)CN1CCN(C(=O)C2(COC)CCNC2)CC1. The number of hydrogen-bond acceptors (Lipinski definition) is 5. The molecule has 0 aromatic heterocycles. The minimum absolute atomic E-state index is 0.000484. The molecule has 2 aliphatic rings. The van der Waals surface area contributed by atoms with Crippen molar-refractivity contribution in [3.05, 3.63) is 12.7 Å². The van der Waals surface area contributed by atoms with Crippen LogP contribution in [-0.2, 0) is 14.3 Å². The lowest BCUT2D eigenvalue weighted by Gasteiger charge is -2.39. The maximum atomic E-state index is 12.9. The third-order valence-corrected chi connectivity index (χ3v) is 4.59. The lowest BCUT2D eigenvalue weighted by molar-refractivity contribution is -0.146. The van der Waals surface area contributed by atoms with Gasteiger partial charge >= 0.3 is 0 Å². The summed E-state index contributed by atoms with van der Waals surface area (Å²) in [4.78, 5) is 28.6. The van der Waals surface area contributed by atoms with E-state index in [1.54, 1.807) is 13.2 Å². The number of piperazine rings is 1. The Hall–Kier alpha value is -1.44. The molecule has 2 rings (SSSR count). The smallest absolute Gasteiger partial charge is 0.234 e. The molecule has 1 unspecified atom stereocenters. The first-order valence-electron chi connectivity index (χ1n) is 8.20. The first-order chi connectivity index (χ1) is 11.1. The zero-order chi connectivity index (χ0) is 16.7. The van der Waals surface area contributed by atoms with Gasteiger partial charge in [0.05, 0.1) is 18.6 Å². The Morgan fingerprint density at radius 2 is 2.09 bits per heavy atom. The third kappa shape index (κ3) is 4.53. The minimum atomic E-state index is -0.418. The number of methoxy groups -OCH3 is 1. The molecule has 0 saturated carbocycles. The number of nitrogens with one attached hydrogen (secondary N) is 2. The van der Waals surface area contributed by atoms with E-state index >= 15 is 0 Å². The molecule has 0 aliphatic carbocycles. The van der Waals surface area contributed by atoms with E-state index in [-0.39, 0.29) is 11.8 Å². The quantitative estimate of drug-likeness (QED) is 0.591. The fourth-order valence-electron chi connectivity index (χ4n) is 3.28. The van der Waals surface area contributed by atoms with Crippen molar-refractivity contribution in [3.8, 4) is 0 Å². The summed E-state index contributed by atoms with van der Waals surface area (Å²) in [5.41, 5.74) is -0.418. The Morgan fingerprint density at radius 1 is 1.35 bits per heavy atom. The third-order valence-electron chi connectivity index (χ3n) is 4.59. The Kier molecular flexibility index (Phi) is 6.56. The van der Waals surface area contributed by atoms with Gasteiger partial charge in [-0.2, -0.15) is 0 Å². The van der Waals surface area contributed by atoms with Crippen LogP contribution in [0.1, 0.15) is 6.42 Å². The van der Waals surface area contributed by atoms with E-state index < -0.39 is 5.41 Å². The highest BCUT2D eigenvalue weighted by Crippen LogP contribution is 2.29. The number of ether oxygens (including phenoxy) is 1. The normalized spacial score (nSPS) is 25.3. The summed E-state index contributed by atoms with van der Waals surface area (Å²) in [5, 5.41) is 6.05. The van der Waals surface area contributed by atoms with Crippen molar-refractivity contribution in [2.75, 3.05) is 66.1 Å². The van der Waals surface area contributed by atoms with Gasteiger partial charge in [0, 0.05) is 46.4 Å². The molecule has 0 aromatic rings. The summed E-state index contributed by atoms with van der Waals surface area (Å²) in [6, 6.07) is 0. The summed E-state index contributed by atoms with van der Waals surface area (Å²) in [6.45, 7) is 9.23. The summed E-state index contributed by atoms with van der Waals surface area (Å²) in [5.74, 6) is 0.181. The van der Waals surface area contributed by atoms with E-state index in [1.807, 2.05) is 4.90 Å². The number of rotatable bonds is 7. The van der Waals surface area contributed by atoms with Crippen LogP contribution in [0.25, 0.3) is 0 Å². The summed E-state index contributed by atoms with van der Waals surface area (Å²) in [6.07, 6.45) is 2.49. The van der Waals surface area contributed by atoms with Gasteiger partial charge in [-0.25, -0.2) is 0 Å². The first-order valence-corrected chi connectivity index (χ1v) is 8.20. The zero-order valence-electron chi connectivity index (χ0n) is 14.0. The van der Waals surface area contributed by atoms with Crippen molar-refractivity contribution in [3.63, 3.8) is 0 Å². The predicted molar refractivity (Wildman–Crippen MR) is 88.0 cm³/mol. The van der Waals surface area contributed by atoms with Crippen LogP contribution in [0.15, 0.2) is 12.7 Å². The highest BCUT2D eigenvalue weighted by molar-refractivity contribution is 5.84. The van der Waals surface area contributed by atoms with Crippen molar-refractivity contribution in [1.82, 2.24) is 20.4 Å². The molecule has 2 aliphatic heterocycles.